The van der Waals surface area contributed by atoms with Crippen LogP contribution in [0.1, 0.15) is 46.0 Å². The lowest BCUT2D eigenvalue weighted by Crippen LogP contribution is -2.40. The molecule has 1 atom stereocenters. The molecule has 0 saturated carbocycles. The van der Waals surface area contributed by atoms with Gasteiger partial charge in [0.15, 0.2) is 0 Å². The van der Waals surface area contributed by atoms with Crippen LogP contribution in [-0.4, -0.2) is 34.2 Å². The first-order chi connectivity index (χ1) is 7.37. The van der Waals surface area contributed by atoms with E-state index in [0.29, 0.717) is 12.8 Å². The molecule has 0 bridgehead atoms. The molecule has 0 aliphatic rings. The van der Waals surface area contributed by atoms with E-state index in [1.54, 1.807) is 6.92 Å². The number of carboxylic acid groups (broad SMARTS) is 1. The van der Waals surface area contributed by atoms with Crippen molar-refractivity contribution in [3.8, 4) is 0 Å². The van der Waals surface area contributed by atoms with Gasteiger partial charge in [-0.1, -0.05) is 13.3 Å². The van der Waals surface area contributed by atoms with Gasteiger partial charge >= 0.3 is 5.97 Å². The fraction of sp³-hybridized carbons (Fsp3) is 0.818. The van der Waals surface area contributed by atoms with Crippen LogP contribution in [0.3, 0.4) is 0 Å². The van der Waals surface area contributed by atoms with Crippen LogP contribution in [0.15, 0.2) is 0 Å². The van der Waals surface area contributed by atoms with Crippen LogP contribution in [0, 0.1) is 0 Å². The Balaban J connectivity index is 3.68. The molecule has 0 rings (SSSR count). The van der Waals surface area contributed by atoms with Crippen LogP contribution in [-0.2, 0) is 9.59 Å². The summed E-state index contributed by atoms with van der Waals surface area (Å²) in [7, 11) is 0. The molecule has 0 fully saturated rings. The smallest absolute Gasteiger partial charge is 0.303 e. The van der Waals surface area contributed by atoms with Crippen LogP contribution in [0.4, 0.5) is 0 Å². The zero-order valence-corrected chi connectivity index (χ0v) is 9.95. The van der Waals surface area contributed by atoms with Crippen molar-refractivity contribution in [3.63, 3.8) is 0 Å². The molecular weight excluding hydrogens is 210 g/mol. The first-order valence-electron chi connectivity index (χ1n) is 5.58. The maximum atomic E-state index is 11.3. The quantitative estimate of drug-likeness (QED) is 0.579. The number of aliphatic hydroxyl groups is 1. The molecule has 5 heteroatoms. The number of carbonyl (C=O) groups excluding carboxylic acids is 1. The summed E-state index contributed by atoms with van der Waals surface area (Å²) in [6.07, 6.45) is 1.99. The third-order valence-corrected chi connectivity index (χ3v) is 2.25. The number of carboxylic acids is 1. The molecular formula is C11H21NO4. The van der Waals surface area contributed by atoms with Gasteiger partial charge < -0.3 is 15.5 Å². The van der Waals surface area contributed by atoms with Gasteiger partial charge in [0.2, 0.25) is 5.91 Å². The van der Waals surface area contributed by atoms with Gasteiger partial charge in [-0.05, 0) is 19.8 Å². The van der Waals surface area contributed by atoms with Gasteiger partial charge in [0.25, 0.3) is 0 Å². The zero-order chi connectivity index (χ0) is 12.6. The Morgan fingerprint density at radius 2 is 1.94 bits per heavy atom. The lowest BCUT2D eigenvalue weighted by Gasteiger charge is -2.22. The molecule has 0 radical (unpaired) electrons. The highest BCUT2D eigenvalue weighted by Gasteiger charge is 2.19. The van der Waals surface area contributed by atoms with Crippen molar-refractivity contribution in [2.45, 2.75) is 51.6 Å². The Hall–Kier alpha value is -1.10. The third kappa shape index (κ3) is 8.23. The fourth-order valence-electron chi connectivity index (χ4n) is 1.40. The number of hydrogen-bond donors (Lipinski definition) is 3. The summed E-state index contributed by atoms with van der Waals surface area (Å²) >= 11 is 0. The van der Waals surface area contributed by atoms with Crippen LogP contribution < -0.4 is 5.32 Å². The highest BCUT2D eigenvalue weighted by atomic mass is 16.4. The predicted molar refractivity (Wildman–Crippen MR) is 60.0 cm³/mol. The monoisotopic (exact) mass is 231 g/mol. The molecule has 0 aliphatic heterocycles. The highest BCUT2D eigenvalue weighted by molar-refractivity contribution is 5.76. The third-order valence-electron chi connectivity index (χ3n) is 2.25. The summed E-state index contributed by atoms with van der Waals surface area (Å²) < 4.78 is 0. The minimum atomic E-state index is -0.897. The van der Waals surface area contributed by atoms with Crippen molar-refractivity contribution in [2.24, 2.45) is 0 Å². The predicted octanol–water partition coefficient (Wildman–Crippen LogP) is 0.909. The van der Waals surface area contributed by atoms with Gasteiger partial charge in [-0.3, -0.25) is 9.59 Å². The van der Waals surface area contributed by atoms with Gasteiger partial charge in [-0.2, -0.15) is 0 Å². The summed E-state index contributed by atoms with van der Waals surface area (Å²) in [5.74, 6) is -1.11. The van der Waals surface area contributed by atoms with Crippen molar-refractivity contribution in [1.29, 1.82) is 0 Å². The van der Waals surface area contributed by atoms with E-state index in [0.717, 1.165) is 6.42 Å². The van der Waals surface area contributed by atoms with E-state index < -0.39 is 11.6 Å². The molecule has 0 aromatic heterocycles. The number of nitrogens with one attached hydrogen (secondary N) is 1. The average Bonchev–Trinajstić information content (AvgIpc) is 2.14. The number of aliphatic carboxylic acids is 1. The van der Waals surface area contributed by atoms with Gasteiger partial charge in [-0.15, -0.1) is 0 Å². The summed E-state index contributed by atoms with van der Waals surface area (Å²) in [5, 5.41) is 20.8. The van der Waals surface area contributed by atoms with Crippen molar-refractivity contribution >= 4 is 11.9 Å². The normalized spacial score (nSPS) is 14.2. The van der Waals surface area contributed by atoms with E-state index in [-0.39, 0.29) is 25.3 Å². The van der Waals surface area contributed by atoms with Gasteiger partial charge in [0.1, 0.15) is 0 Å². The number of hydrogen-bond acceptors (Lipinski definition) is 3. The number of amides is 1. The highest BCUT2D eigenvalue weighted by Crippen LogP contribution is 2.10. The standard InChI is InChI=1S/C11H21NO4/c1-3-7-11(2,16)8-12-9(13)5-4-6-10(14)15/h16H,3-8H2,1-2H3,(H,12,13)(H,14,15). The second-order valence-corrected chi connectivity index (χ2v) is 4.27. The molecule has 0 aromatic rings. The average molecular weight is 231 g/mol. The van der Waals surface area contributed by atoms with Crippen LogP contribution in [0.2, 0.25) is 0 Å². The molecule has 16 heavy (non-hydrogen) atoms. The van der Waals surface area contributed by atoms with Crippen LogP contribution in [0.5, 0.6) is 0 Å². The fourth-order valence-corrected chi connectivity index (χ4v) is 1.40. The molecule has 0 heterocycles. The largest absolute Gasteiger partial charge is 0.481 e. The number of rotatable bonds is 8. The Bertz CT molecular complexity index is 238. The maximum Gasteiger partial charge on any atom is 0.303 e. The van der Waals surface area contributed by atoms with E-state index >= 15 is 0 Å². The molecule has 5 nitrogen and oxygen atoms in total. The number of carbonyl (C=O) groups is 2. The molecule has 0 saturated heterocycles. The Morgan fingerprint density at radius 3 is 2.44 bits per heavy atom. The minimum Gasteiger partial charge on any atom is -0.481 e. The summed E-state index contributed by atoms with van der Waals surface area (Å²) in [5.41, 5.74) is -0.878. The van der Waals surface area contributed by atoms with Crippen molar-refractivity contribution in [3.05, 3.63) is 0 Å². The lowest BCUT2D eigenvalue weighted by molar-refractivity contribution is -0.137. The Morgan fingerprint density at radius 1 is 1.31 bits per heavy atom. The van der Waals surface area contributed by atoms with Crippen molar-refractivity contribution in [2.75, 3.05) is 6.54 Å². The van der Waals surface area contributed by atoms with E-state index in [1.165, 1.54) is 0 Å². The van der Waals surface area contributed by atoms with Gasteiger partial charge in [0.05, 0.1) is 5.60 Å². The van der Waals surface area contributed by atoms with Gasteiger partial charge in [-0.25, -0.2) is 0 Å². The molecule has 0 aromatic carbocycles. The van der Waals surface area contributed by atoms with E-state index in [1.807, 2.05) is 6.92 Å². The van der Waals surface area contributed by atoms with Crippen LogP contribution in [0.25, 0.3) is 0 Å². The van der Waals surface area contributed by atoms with Crippen molar-refractivity contribution in [1.82, 2.24) is 5.32 Å². The van der Waals surface area contributed by atoms with E-state index in [9.17, 15) is 14.7 Å². The second kappa shape index (κ2) is 7.22. The first kappa shape index (κ1) is 14.9. The van der Waals surface area contributed by atoms with Gasteiger partial charge in [0, 0.05) is 19.4 Å². The Kier molecular flexibility index (Phi) is 6.72. The Labute approximate surface area is 95.9 Å². The van der Waals surface area contributed by atoms with E-state index in [4.69, 9.17) is 5.11 Å². The molecule has 1 unspecified atom stereocenters. The zero-order valence-electron chi connectivity index (χ0n) is 9.95. The summed E-state index contributed by atoms with van der Waals surface area (Å²) in [6.45, 7) is 3.85. The molecule has 0 spiro atoms. The molecule has 94 valence electrons. The SMILES string of the molecule is CCCC(C)(O)CNC(=O)CCCC(=O)O. The first-order valence-corrected chi connectivity index (χ1v) is 5.58. The topological polar surface area (TPSA) is 86.6 Å². The summed E-state index contributed by atoms with van der Waals surface area (Å²) in [6, 6.07) is 0. The summed E-state index contributed by atoms with van der Waals surface area (Å²) in [4.78, 5) is 21.5. The van der Waals surface area contributed by atoms with Crippen molar-refractivity contribution < 1.29 is 19.8 Å². The van der Waals surface area contributed by atoms with Crippen LogP contribution >= 0.6 is 0 Å². The maximum absolute atomic E-state index is 11.3. The molecule has 1 amide bonds. The lowest BCUT2D eigenvalue weighted by atomic mass is 10.0. The minimum absolute atomic E-state index is 0.00122. The molecule has 3 N–H and O–H groups in total. The molecule has 0 aliphatic carbocycles. The van der Waals surface area contributed by atoms with E-state index in [2.05, 4.69) is 5.32 Å². The second-order valence-electron chi connectivity index (χ2n) is 4.27.